The van der Waals surface area contributed by atoms with Gasteiger partial charge >= 0.3 is 6.03 Å². The minimum absolute atomic E-state index is 0.0603. The molecule has 2 aromatic rings. The number of benzene rings is 2. The van der Waals surface area contributed by atoms with Gasteiger partial charge in [-0.3, -0.25) is 14.5 Å². The van der Waals surface area contributed by atoms with E-state index in [1.807, 2.05) is 41.3 Å². The molecule has 2 heterocycles. The van der Waals surface area contributed by atoms with E-state index in [4.69, 9.17) is 0 Å². The van der Waals surface area contributed by atoms with Gasteiger partial charge in [-0.2, -0.15) is 0 Å². The maximum atomic E-state index is 12.6. The number of nitrogens with one attached hydrogen (secondary N) is 1. The molecule has 4 amide bonds. The Kier molecular flexibility index (Phi) is 6.12. The maximum Gasteiger partial charge on any atom is 0.325 e. The topological polar surface area (TPSA) is 69.7 Å². The zero-order chi connectivity index (χ0) is 20.9. The molecule has 0 saturated carbocycles. The van der Waals surface area contributed by atoms with E-state index in [0.717, 1.165) is 31.5 Å². The van der Waals surface area contributed by atoms with Gasteiger partial charge in [-0.05, 0) is 36.3 Å². The molecule has 1 atom stereocenters. The highest BCUT2D eigenvalue weighted by Gasteiger charge is 2.38. The number of carbonyl (C=O) groups excluding carboxylic acids is 3. The Bertz CT molecular complexity index is 892. The van der Waals surface area contributed by atoms with Gasteiger partial charge in [0, 0.05) is 19.5 Å². The van der Waals surface area contributed by atoms with Crippen LogP contribution in [0.25, 0.3) is 0 Å². The first-order valence-electron chi connectivity index (χ1n) is 10.6. The average Bonchev–Trinajstić information content (AvgIpc) is 3.06. The molecule has 6 heteroatoms. The molecule has 6 nitrogen and oxygen atoms in total. The van der Waals surface area contributed by atoms with Crippen molar-refractivity contribution in [3.05, 3.63) is 71.8 Å². The second kappa shape index (κ2) is 9.11. The van der Waals surface area contributed by atoms with Crippen molar-refractivity contribution in [2.45, 2.75) is 44.2 Å². The van der Waals surface area contributed by atoms with Gasteiger partial charge in [0.1, 0.15) is 6.04 Å². The molecule has 0 unspecified atom stereocenters. The number of nitrogens with zero attached hydrogens (tertiary/aromatic N) is 2. The fourth-order valence-electron chi connectivity index (χ4n) is 4.30. The molecule has 1 N–H and O–H groups in total. The van der Waals surface area contributed by atoms with Gasteiger partial charge in [-0.1, -0.05) is 60.7 Å². The molecule has 156 valence electrons. The molecule has 2 aromatic carbocycles. The quantitative estimate of drug-likeness (QED) is 0.750. The van der Waals surface area contributed by atoms with E-state index in [0.29, 0.717) is 12.3 Å². The van der Waals surface area contributed by atoms with E-state index < -0.39 is 6.04 Å². The molecular weight excluding hydrogens is 378 g/mol. The summed E-state index contributed by atoms with van der Waals surface area (Å²) in [6.07, 6.45) is 2.53. The second-order valence-electron chi connectivity index (χ2n) is 8.02. The van der Waals surface area contributed by atoms with Gasteiger partial charge in [-0.15, -0.1) is 0 Å². The molecule has 30 heavy (non-hydrogen) atoms. The van der Waals surface area contributed by atoms with Crippen LogP contribution >= 0.6 is 0 Å². The molecule has 2 aliphatic heterocycles. The molecule has 0 aliphatic carbocycles. The van der Waals surface area contributed by atoms with Crippen LogP contribution in [0.5, 0.6) is 0 Å². The van der Waals surface area contributed by atoms with Crippen molar-refractivity contribution < 1.29 is 14.4 Å². The van der Waals surface area contributed by atoms with Gasteiger partial charge in [0.05, 0.1) is 6.54 Å². The third kappa shape index (κ3) is 4.53. The molecule has 2 saturated heterocycles. The number of amides is 4. The zero-order valence-electron chi connectivity index (χ0n) is 17.0. The van der Waals surface area contributed by atoms with E-state index in [-0.39, 0.29) is 30.8 Å². The normalized spacial score (nSPS) is 19.8. The van der Waals surface area contributed by atoms with Crippen molar-refractivity contribution in [2.24, 2.45) is 0 Å². The van der Waals surface area contributed by atoms with Crippen molar-refractivity contribution in [1.82, 2.24) is 15.1 Å². The SMILES string of the molecule is O=C(CC[C@@H]1NC(=O)N(Cc2ccccc2)C1=O)N1CCC(c2ccccc2)CC1. The molecule has 2 fully saturated rings. The van der Waals surface area contributed by atoms with Gasteiger partial charge in [-0.25, -0.2) is 4.79 Å². The van der Waals surface area contributed by atoms with E-state index in [2.05, 4.69) is 29.6 Å². The molecule has 2 aliphatic rings. The van der Waals surface area contributed by atoms with E-state index >= 15 is 0 Å². The number of urea groups is 1. The molecule has 0 bridgehead atoms. The monoisotopic (exact) mass is 405 g/mol. The van der Waals surface area contributed by atoms with Gasteiger partial charge in [0.15, 0.2) is 0 Å². The summed E-state index contributed by atoms with van der Waals surface area (Å²) in [7, 11) is 0. The number of hydrogen-bond acceptors (Lipinski definition) is 3. The smallest absolute Gasteiger partial charge is 0.325 e. The fourth-order valence-corrected chi connectivity index (χ4v) is 4.30. The van der Waals surface area contributed by atoms with Crippen LogP contribution < -0.4 is 5.32 Å². The Balaban J connectivity index is 1.25. The number of imide groups is 1. The van der Waals surface area contributed by atoms with Crippen LogP contribution in [-0.4, -0.2) is 46.8 Å². The lowest BCUT2D eigenvalue weighted by Gasteiger charge is -2.32. The van der Waals surface area contributed by atoms with Crippen LogP contribution in [0, 0.1) is 0 Å². The van der Waals surface area contributed by atoms with Crippen LogP contribution in [-0.2, 0) is 16.1 Å². The first-order valence-corrected chi connectivity index (χ1v) is 10.6. The van der Waals surface area contributed by atoms with Crippen molar-refractivity contribution >= 4 is 17.8 Å². The van der Waals surface area contributed by atoms with E-state index in [1.165, 1.54) is 10.5 Å². The Labute approximate surface area is 176 Å². The van der Waals surface area contributed by atoms with Crippen molar-refractivity contribution in [1.29, 1.82) is 0 Å². The van der Waals surface area contributed by atoms with Crippen LogP contribution in [0.2, 0.25) is 0 Å². The van der Waals surface area contributed by atoms with Crippen LogP contribution in [0.4, 0.5) is 4.79 Å². The van der Waals surface area contributed by atoms with Crippen molar-refractivity contribution in [3.63, 3.8) is 0 Å². The van der Waals surface area contributed by atoms with Gasteiger partial charge in [0.25, 0.3) is 5.91 Å². The lowest BCUT2D eigenvalue weighted by Crippen LogP contribution is -2.39. The van der Waals surface area contributed by atoms with Gasteiger partial charge in [0.2, 0.25) is 5.91 Å². The van der Waals surface area contributed by atoms with Crippen molar-refractivity contribution in [3.8, 4) is 0 Å². The van der Waals surface area contributed by atoms with E-state index in [1.54, 1.807) is 0 Å². The summed E-state index contributed by atoms with van der Waals surface area (Å²) < 4.78 is 0. The average molecular weight is 405 g/mol. The number of likely N-dealkylation sites (tertiary alicyclic amines) is 1. The summed E-state index contributed by atoms with van der Waals surface area (Å²) in [5, 5.41) is 2.73. The lowest BCUT2D eigenvalue weighted by atomic mass is 9.89. The summed E-state index contributed by atoms with van der Waals surface area (Å²) in [5.74, 6) is 0.307. The Morgan fingerprint density at radius 1 is 0.933 bits per heavy atom. The molecule has 0 radical (unpaired) electrons. The van der Waals surface area contributed by atoms with Crippen molar-refractivity contribution in [2.75, 3.05) is 13.1 Å². The molecular formula is C24H27N3O3. The molecule has 0 aromatic heterocycles. The Morgan fingerprint density at radius 2 is 1.57 bits per heavy atom. The highest BCUT2D eigenvalue weighted by Crippen LogP contribution is 2.28. The fraction of sp³-hybridized carbons (Fsp3) is 0.375. The first-order chi connectivity index (χ1) is 14.6. The maximum absolute atomic E-state index is 12.6. The standard InChI is InChI=1S/C24H27N3O3/c28-22(26-15-13-20(14-16-26)19-9-5-2-6-10-19)12-11-21-23(29)27(24(30)25-21)17-18-7-3-1-4-8-18/h1-10,20-21H,11-17H2,(H,25,30)/t21-/m0/s1. The number of rotatable bonds is 6. The second-order valence-corrected chi connectivity index (χ2v) is 8.02. The molecule has 4 rings (SSSR count). The Morgan fingerprint density at radius 3 is 2.23 bits per heavy atom. The highest BCUT2D eigenvalue weighted by molar-refractivity contribution is 6.04. The summed E-state index contributed by atoms with van der Waals surface area (Å²) in [6, 6.07) is 18.9. The predicted octanol–water partition coefficient (Wildman–Crippen LogP) is 3.29. The minimum atomic E-state index is -0.618. The predicted molar refractivity (Wildman–Crippen MR) is 114 cm³/mol. The van der Waals surface area contributed by atoms with Crippen LogP contribution in [0.1, 0.15) is 42.7 Å². The third-order valence-corrected chi connectivity index (χ3v) is 6.06. The van der Waals surface area contributed by atoms with Gasteiger partial charge < -0.3 is 10.2 Å². The number of hydrogen-bond donors (Lipinski definition) is 1. The first kappa shape index (κ1) is 20.1. The third-order valence-electron chi connectivity index (χ3n) is 6.06. The zero-order valence-corrected chi connectivity index (χ0v) is 17.0. The highest BCUT2D eigenvalue weighted by atomic mass is 16.2. The lowest BCUT2D eigenvalue weighted by molar-refractivity contribution is -0.132. The minimum Gasteiger partial charge on any atom is -0.343 e. The number of piperidine rings is 1. The summed E-state index contributed by atoms with van der Waals surface area (Å²) in [6.45, 7) is 1.73. The molecule has 0 spiro atoms. The summed E-state index contributed by atoms with van der Waals surface area (Å²) in [5.41, 5.74) is 2.24. The summed E-state index contributed by atoms with van der Waals surface area (Å²) >= 11 is 0. The number of carbonyl (C=O) groups is 3. The summed E-state index contributed by atoms with van der Waals surface area (Å²) in [4.78, 5) is 40.6. The van der Waals surface area contributed by atoms with Crippen LogP contribution in [0.15, 0.2) is 60.7 Å². The Hall–Kier alpha value is -3.15. The largest absolute Gasteiger partial charge is 0.343 e. The van der Waals surface area contributed by atoms with E-state index in [9.17, 15) is 14.4 Å². The van der Waals surface area contributed by atoms with Crippen LogP contribution in [0.3, 0.4) is 0 Å².